The third-order valence-electron chi connectivity index (χ3n) is 3.67. The summed E-state index contributed by atoms with van der Waals surface area (Å²) < 4.78 is 45.5. The molecule has 1 fully saturated rings. The van der Waals surface area contributed by atoms with Crippen molar-refractivity contribution in [2.75, 3.05) is 13.1 Å². The number of pyridine rings is 1. The molecular formula is C15H13Cl2FN2O3S. The molecule has 0 unspecified atom stereocenters. The normalized spacial score (nSPS) is 18.7. The van der Waals surface area contributed by atoms with E-state index in [1.165, 1.54) is 16.6 Å². The van der Waals surface area contributed by atoms with Crippen LogP contribution in [0.2, 0.25) is 10.0 Å². The van der Waals surface area contributed by atoms with Crippen LogP contribution < -0.4 is 4.74 Å². The molecule has 2 heterocycles. The maximum atomic E-state index is 13.2. The minimum Gasteiger partial charge on any atom is -0.487 e. The number of aromatic nitrogens is 1. The van der Waals surface area contributed by atoms with Crippen molar-refractivity contribution in [1.29, 1.82) is 0 Å². The molecule has 1 saturated heterocycles. The number of halogens is 3. The Kier molecular flexibility index (Phi) is 4.96. The van der Waals surface area contributed by atoms with Gasteiger partial charge in [0.1, 0.15) is 22.7 Å². The molecule has 1 aliphatic rings. The van der Waals surface area contributed by atoms with Crippen molar-refractivity contribution in [3.63, 3.8) is 0 Å². The Morgan fingerprint density at radius 2 is 2.04 bits per heavy atom. The molecule has 9 heteroatoms. The molecule has 1 aliphatic heterocycles. The van der Waals surface area contributed by atoms with Gasteiger partial charge in [-0.05, 0) is 24.6 Å². The summed E-state index contributed by atoms with van der Waals surface area (Å²) in [7, 11) is -3.76. The van der Waals surface area contributed by atoms with E-state index in [2.05, 4.69) is 4.98 Å². The van der Waals surface area contributed by atoms with Crippen molar-refractivity contribution in [2.45, 2.75) is 17.4 Å². The summed E-state index contributed by atoms with van der Waals surface area (Å²) in [5, 5.41) is 0.135. The van der Waals surface area contributed by atoms with Gasteiger partial charge < -0.3 is 4.74 Å². The Hall–Kier alpha value is -1.41. The summed E-state index contributed by atoms with van der Waals surface area (Å²) in [4.78, 5) is 3.82. The first-order valence-electron chi connectivity index (χ1n) is 7.09. The van der Waals surface area contributed by atoms with Crippen molar-refractivity contribution >= 4 is 33.2 Å². The molecule has 1 aromatic heterocycles. The van der Waals surface area contributed by atoms with Crippen LogP contribution in [0.5, 0.6) is 5.75 Å². The Bertz CT molecular complexity index is 864. The van der Waals surface area contributed by atoms with Gasteiger partial charge in [0.2, 0.25) is 10.0 Å². The predicted octanol–water partition coefficient (Wildman–Crippen LogP) is 3.37. The molecule has 0 radical (unpaired) electrons. The fourth-order valence-electron chi connectivity index (χ4n) is 2.44. The highest BCUT2D eigenvalue weighted by Crippen LogP contribution is 2.29. The van der Waals surface area contributed by atoms with Crippen LogP contribution in [0.25, 0.3) is 0 Å². The molecule has 0 saturated carbocycles. The number of benzene rings is 1. The van der Waals surface area contributed by atoms with Crippen LogP contribution >= 0.6 is 23.2 Å². The van der Waals surface area contributed by atoms with Crippen LogP contribution in [0.15, 0.2) is 41.6 Å². The molecule has 3 rings (SSSR count). The van der Waals surface area contributed by atoms with Gasteiger partial charge in [0.25, 0.3) is 0 Å². The topological polar surface area (TPSA) is 59.5 Å². The van der Waals surface area contributed by atoms with E-state index in [9.17, 15) is 12.8 Å². The second kappa shape index (κ2) is 6.84. The number of nitrogens with zero attached hydrogens (tertiary/aromatic N) is 2. The monoisotopic (exact) mass is 390 g/mol. The molecule has 0 spiro atoms. The van der Waals surface area contributed by atoms with Gasteiger partial charge in [-0.15, -0.1) is 0 Å². The average molecular weight is 391 g/mol. The van der Waals surface area contributed by atoms with Crippen molar-refractivity contribution in [3.8, 4) is 5.75 Å². The zero-order valence-electron chi connectivity index (χ0n) is 12.3. The summed E-state index contributed by atoms with van der Waals surface area (Å²) in [6.07, 6.45) is 3.20. The fraction of sp³-hybridized carbons (Fsp3) is 0.267. The quantitative estimate of drug-likeness (QED) is 0.802. The van der Waals surface area contributed by atoms with Crippen LogP contribution in [0.1, 0.15) is 6.42 Å². The van der Waals surface area contributed by atoms with Crippen molar-refractivity contribution in [2.24, 2.45) is 0 Å². The predicted molar refractivity (Wildman–Crippen MR) is 88.4 cm³/mol. The molecule has 1 aromatic carbocycles. The second-order valence-corrected chi connectivity index (χ2v) is 8.03. The lowest BCUT2D eigenvalue weighted by atomic mass is 10.3. The molecule has 0 bridgehead atoms. The summed E-state index contributed by atoms with van der Waals surface area (Å²) in [5.74, 6) is -0.202. The Balaban J connectivity index is 1.74. The maximum absolute atomic E-state index is 13.2. The molecule has 0 amide bonds. The van der Waals surface area contributed by atoms with E-state index in [1.807, 2.05) is 0 Å². The van der Waals surface area contributed by atoms with Gasteiger partial charge in [0.05, 0.1) is 16.5 Å². The smallest absolute Gasteiger partial charge is 0.243 e. The van der Waals surface area contributed by atoms with Gasteiger partial charge in [-0.2, -0.15) is 4.31 Å². The standard InChI is InChI=1S/C15H13Cl2FN2O3S/c16-12-7-11(1-2-14(12)18)24(21,22)20-6-4-10(9-20)23-15-3-5-19-8-13(15)17/h1-3,5,7-8,10H,4,6,9H2/t10-/m0/s1. The van der Waals surface area contributed by atoms with Gasteiger partial charge in [-0.3, -0.25) is 4.98 Å². The van der Waals surface area contributed by atoms with Crippen molar-refractivity contribution in [1.82, 2.24) is 9.29 Å². The number of sulfonamides is 1. The minimum atomic E-state index is -3.76. The van der Waals surface area contributed by atoms with E-state index in [1.54, 1.807) is 12.3 Å². The average Bonchev–Trinajstić information content (AvgIpc) is 3.01. The van der Waals surface area contributed by atoms with Crippen LogP contribution in [0.3, 0.4) is 0 Å². The SMILES string of the molecule is O=S(=O)(c1ccc(F)c(Cl)c1)N1CC[C@H](Oc2ccncc2Cl)C1. The lowest BCUT2D eigenvalue weighted by Gasteiger charge is -2.18. The summed E-state index contributed by atoms with van der Waals surface area (Å²) in [6.45, 7) is 0.473. The fourth-order valence-corrected chi connectivity index (χ4v) is 4.36. The molecular weight excluding hydrogens is 378 g/mol. The first-order valence-corrected chi connectivity index (χ1v) is 9.29. The highest BCUT2D eigenvalue weighted by molar-refractivity contribution is 7.89. The second-order valence-electron chi connectivity index (χ2n) is 5.27. The lowest BCUT2D eigenvalue weighted by Crippen LogP contribution is -2.31. The zero-order chi connectivity index (χ0) is 17.3. The van der Waals surface area contributed by atoms with E-state index in [-0.39, 0.29) is 22.6 Å². The Labute approximate surface area is 149 Å². The van der Waals surface area contributed by atoms with Crippen molar-refractivity contribution < 1.29 is 17.5 Å². The molecule has 0 N–H and O–H groups in total. The van der Waals surface area contributed by atoms with Gasteiger partial charge in [0.15, 0.2) is 0 Å². The van der Waals surface area contributed by atoms with Gasteiger partial charge >= 0.3 is 0 Å². The molecule has 5 nitrogen and oxygen atoms in total. The lowest BCUT2D eigenvalue weighted by molar-refractivity contribution is 0.215. The van der Waals surface area contributed by atoms with Crippen LogP contribution in [-0.4, -0.2) is 36.9 Å². The third kappa shape index (κ3) is 3.49. The molecule has 24 heavy (non-hydrogen) atoms. The number of hydrogen-bond acceptors (Lipinski definition) is 4. The third-order valence-corrected chi connectivity index (χ3v) is 6.10. The highest BCUT2D eigenvalue weighted by Gasteiger charge is 2.34. The Morgan fingerprint density at radius 1 is 1.25 bits per heavy atom. The van der Waals surface area contributed by atoms with Crippen LogP contribution in [0.4, 0.5) is 4.39 Å². The van der Waals surface area contributed by atoms with Crippen molar-refractivity contribution in [3.05, 3.63) is 52.5 Å². The van der Waals surface area contributed by atoms with E-state index in [4.69, 9.17) is 27.9 Å². The summed E-state index contributed by atoms with van der Waals surface area (Å²) in [6, 6.07) is 4.97. The summed E-state index contributed by atoms with van der Waals surface area (Å²) >= 11 is 11.7. The first-order chi connectivity index (χ1) is 11.4. The summed E-state index contributed by atoms with van der Waals surface area (Å²) in [5.41, 5.74) is 0. The van der Waals surface area contributed by atoms with E-state index in [0.717, 1.165) is 12.1 Å². The van der Waals surface area contributed by atoms with E-state index < -0.39 is 15.8 Å². The zero-order valence-corrected chi connectivity index (χ0v) is 14.7. The number of rotatable bonds is 4. The molecule has 1 atom stereocenters. The van der Waals surface area contributed by atoms with E-state index >= 15 is 0 Å². The molecule has 0 aliphatic carbocycles. The number of ether oxygens (including phenoxy) is 1. The van der Waals surface area contributed by atoms with Gasteiger partial charge in [-0.1, -0.05) is 23.2 Å². The van der Waals surface area contributed by atoms with Crippen LogP contribution in [0, 0.1) is 5.82 Å². The molecule has 2 aromatic rings. The van der Waals surface area contributed by atoms with E-state index in [0.29, 0.717) is 23.7 Å². The maximum Gasteiger partial charge on any atom is 0.243 e. The highest BCUT2D eigenvalue weighted by atomic mass is 35.5. The molecule has 128 valence electrons. The van der Waals surface area contributed by atoms with Gasteiger partial charge in [-0.25, -0.2) is 12.8 Å². The van der Waals surface area contributed by atoms with Gasteiger partial charge in [0, 0.05) is 25.0 Å². The largest absolute Gasteiger partial charge is 0.487 e. The van der Waals surface area contributed by atoms with Crippen LogP contribution in [-0.2, 0) is 10.0 Å². The number of hydrogen-bond donors (Lipinski definition) is 0. The Morgan fingerprint density at radius 3 is 2.75 bits per heavy atom. The minimum absolute atomic E-state index is 0.0449. The first kappa shape index (κ1) is 17.4.